The van der Waals surface area contributed by atoms with Gasteiger partial charge in [-0.1, -0.05) is 13.8 Å². The molecule has 1 heterocycles. The summed E-state index contributed by atoms with van der Waals surface area (Å²) in [5.41, 5.74) is 2.05. The van der Waals surface area contributed by atoms with E-state index in [1.165, 1.54) is 6.42 Å². The minimum absolute atomic E-state index is 0.700. The third-order valence-electron chi connectivity index (χ3n) is 2.87. The highest BCUT2D eigenvalue weighted by Crippen LogP contribution is 2.20. The second-order valence-corrected chi connectivity index (χ2v) is 4.90. The first-order valence-corrected chi connectivity index (χ1v) is 6.36. The molecule has 4 heteroatoms. The Morgan fingerprint density at radius 3 is 2.53 bits per heavy atom. The molecule has 0 unspecified atom stereocenters. The molecule has 1 aromatic heterocycles. The summed E-state index contributed by atoms with van der Waals surface area (Å²) in [7, 11) is 1.94. The number of hydrogen-bond acceptors (Lipinski definition) is 3. The van der Waals surface area contributed by atoms with Gasteiger partial charge in [-0.25, -0.2) is 0 Å². The topological polar surface area (TPSA) is 39.1 Å². The van der Waals surface area contributed by atoms with E-state index >= 15 is 0 Å². The molecule has 0 amide bonds. The zero-order valence-electron chi connectivity index (χ0n) is 11.7. The molecule has 98 valence electrons. The molecular weight excluding hydrogens is 214 g/mol. The zero-order valence-corrected chi connectivity index (χ0v) is 11.7. The van der Waals surface area contributed by atoms with Crippen LogP contribution < -0.4 is 10.1 Å². The molecule has 1 aromatic rings. The van der Waals surface area contributed by atoms with E-state index in [-0.39, 0.29) is 0 Å². The van der Waals surface area contributed by atoms with Crippen LogP contribution in [0.2, 0.25) is 0 Å². The second kappa shape index (κ2) is 6.64. The fourth-order valence-corrected chi connectivity index (χ4v) is 1.70. The number of aromatic nitrogens is 2. The molecule has 0 bridgehead atoms. The quantitative estimate of drug-likeness (QED) is 0.740. The molecule has 17 heavy (non-hydrogen) atoms. The van der Waals surface area contributed by atoms with E-state index in [0.717, 1.165) is 36.1 Å². The maximum absolute atomic E-state index is 5.75. The van der Waals surface area contributed by atoms with Crippen molar-refractivity contribution in [3.05, 3.63) is 11.4 Å². The normalized spacial score (nSPS) is 11.2. The summed E-state index contributed by atoms with van der Waals surface area (Å²) in [4.78, 5) is 0. The molecule has 0 fully saturated rings. The van der Waals surface area contributed by atoms with Crippen LogP contribution >= 0.6 is 0 Å². The molecule has 0 aliphatic heterocycles. The number of nitrogens with one attached hydrogen (secondary N) is 1. The van der Waals surface area contributed by atoms with E-state index in [9.17, 15) is 0 Å². The van der Waals surface area contributed by atoms with Crippen molar-refractivity contribution < 1.29 is 4.74 Å². The molecule has 0 radical (unpaired) electrons. The van der Waals surface area contributed by atoms with Crippen LogP contribution in [0.25, 0.3) is 0 Å². The average Bonchev–Trinajstić information content (AvgIpc) is 2.48. The summed E-state index contributed by atoms with van der Waals surface area (Å²) < 4.78 is 7.61. The van der Waals surface area contributed by atoms with Crippen molar-refractivity contribution in [2.24, 2.45) is 13.0 Å². The van der Waals surface area contributed by atoms with Crippen LogP contribution in [0.4, 0.5) is 0 Å². The number of rotatable bonds is 7. The van der Waals surface area contributed by atoms with Gasteiger partial charge in [0.2, 0.25) is 0 Å². The summed E-state index contributed by atoms with van der Waals surface area (Å²) >= 11 is 0. The van der Waals surface area contributed by atoms with Crippen LogP contribution in [0.15, 0.2) is 0 Å². The second-order valence-electron chi connectivity index (χ2n) is 4.90. The van der Waals surface area contributed by atoms with Gasteiger partial charge >= 0.3 is 0 Å². The molecule has 1 rings (SSSR count). The molecule has 0 atom stereocenters. The summed E-state index contributed by atoms with van der Waals surface area (Å²) in [6.07, 6.45) is 1.21. The highest BCUT2D eigenvalue weighted by molar-refractivity contribution is 5.31. The van der Waals surface area contributed by atoms with Gasteiger partial charge in [0.15, 0.2) is 5.75 Å². The Kier molecular flexibility index (Phi) is 5.48. The summed E-state index contributed by atoms with van der Waals surface area (Å²) in [6.45, 7) is 11.1. The summed E-state index contributed by atoms with van der Waals surface area (Å²) in [5, 5.41) is 7.70. The lowest BCUT2D eigenvalue weighted by Gasteiger charge is -2.09. The van der Waals surface area contributed by atoms with Crippen molar-refractivity contribution in [3.8, 4) is 5.75 Å². The third kappa shape index (κ3) is 4.38. The van der Waals surface area contributed by atoms with E-state index in [1.807, 2.05) is 25.6 Å². The summed E-state index contributed by atoms with van der Waals surface area (Å²) in [6, 6.07) is 0. The lowest BCUT2D eigenvalue weighted by molar-refractivity contribution is 0.308. The van der Waals surface area contributed by atoms with Crippen LogP contribution in [-0.4, -0.2) is 29.5 Å². The average molecular weight is 239 g/mol. The number of aryl methyl sites for hydroxylation is 2. The first kappa shape index (κ1) is 14.0. The first-order chi connectivity index (χ1) is 8.02. The largest absolute Gasteiger partial charge is 0.488 e. The molecule has 0 aliphatic rings. The van der Waals surface area contributed by atoms with Crippen LogP contribution in [0, 0.1) is 19.8 Å². The van der Waals surface area contributed by atoms with Gasteiger partial charge in [0.05, 0.1) is 5.69 Å². The van der Waals surface area contributed by atoms with Crippen molar-refractivity contribution in [1.29, 1.82) is 0 Å². The van der Waals surface area contributed by atoms with Gasteiger partial charge in [-0.2, -0.15) is 5.10 Å². The zero-order chi connectivity index (χ0) is 12.8. The molecule has 0 aromatic carbocycles. The van der Waals surface area contributed by atoms with Crippen LogP contribution in [-0.2, 0) is 7.05 Å². The smallest absolute Gasteiger partial charge is 0.163 e. The number of nitrogens with zero attached hydrogens (tertiary/aromatic N) is 2. The molecule has 0 saturated heterocycles. The summed E-state index contributed by atoms with van der Waals surface area (Å²) in [5.74, 6) is 1.68. The maximum Gasteiger partial charge on any atom is 0.163 e. The van der Waals surface area contributed by atoms with E-state index in [4.69, 9.17) is 4.74 Å². The van der Waals surface area contributed by atoms with Gasteiger partial charge in [0, 0.05) is 13.6 Å². The fourth-order valence-electron chi connectivity index (χ4n) is 1.70. The Bertz CT molecular complexity index is 345. The predicted molar refractivity (Wildman–Crippen MR) is 70.5 cm³/mol. The molecule has 0 aliphatic carbocycles. The van der Waals surface area contributed by atoms with E-state index in [0.29, 0.717) is 6.61 Å². The van der Waals surface area contributed by atoms with Gasteiger partial charge in [0.25, 0.3) is 0 Å². The van der Waals surface area contributed by atoms with E-state index < -0.39 is 0 Å². The Morgan fingerprint density at radius 2 is 2.00 bits per heavy atom. The number of ether oxygens (including phenoxy) is 1. The van der Waals surface area contributed by atoms with Gasteiger partial charge < -0.3 is 10.1 Å². The monoisotopic (exact) mass is 239 g/mol. The molecule has 4 nitrogen and oxygen atoms in total. The molecular formula is C13H25N3O. The first-order valence-electron chi connectivity index (χ1n) is 6.36. The Labute approximate surface area is 104 Å². The Morgan fingerprint density at radius 1 is 1.29 bits per heavy atom. The standard InChI is InChI=1S/C13H25N3O/c1-10(2)6-7-14-8-9-17-13-11(3)15-16(5)12(13)4/h10,14H,6-9H2,1-5H3. The maximum atomic E-state index is 5.75. The van der Waals surface area contributed by atoms with Crippen LogP contribution in [0.3, 0.4) is 0 Å². The van der Waals surface area contributed by atoms with Gasteiger partial charge in [0.1, 0.15) is 12.3 Å². The molecule has 0 saturated carbocycles. The van der Waals surface area contributed by atoms with Crippen molar-refractivity contribution in [3.63, 3.8) is 0 Å². The van der Waals surface area contributed by atoms with Crippen molar-refractivity contribution in [1.82, 2.24) is 15.1 Å². The fraction of sp³-hybridized carbons (Fsp3) is 0.769. The Balaban J connectivity index is 2.22. The highest BCUT2D eigenvalue weighted by Gasteiger charge is 2.09. The Hall–Kier alpha value is -1.03. The lowest BCUT2D eigenvalue weighted by atomic mass is 10.1. The van der Waals surface area contributed by atoms with E-state index in [1.54, 1.807) is 0 Å². The minimum atomic E-state index is 0.700. The van der Waals surface area contributed by atoms with E-state index in [2.05, 4.69) is 24.3 Å². The SMILES string of the molecule is Cc1nn(C)c(C)c1OCCNCCC(C)C. The van der Waals surface area contributed by atoms with Gasteiger partial charge in [-0.15, -0.1) is 0 Å². The molecule has 0 spiro atoms. The highest BCUT2D eigenvalue weighted by atomic mass is 16.5. The predicted octanol–water partition coefficient (Wildman–Crippen LogP) is 2.05. The lowest BCUT2D eigenvalue weighted by Crippen LogP contribution is -2.23. The van der Waals surface area contributed by atoms with Crippen molar-refractivity contribution in [2.45, 2.75) is 34.1 Å². The number of hydrogen-bond donors (Lipinski definition) is 1. The van der Waals surface area contributed by atoms with Gasteiger partial charge in [-0.3, -0.25) is 4.68 Å². The third-order valence-corrected chi connectivity index (χ3v) is 2.87. The minimum Gasteiger partial charge on any atom is -0.488 e. The van der Waals surface area contributed by atoms with Crippen LogP contribution in [0.5, 0.6) is 5.75 Å². The van der Waals surface area contributed by atoms with Crippen molar-refractivity contribution in [2.75, 3.05) is 19.7 Å². The molecule has 1 N–H and O–H groups in total. The van der Waals surface area contributed by atoms with Gasteiger partial charge in [-0.05, 0) is 32.7 Å². The van der Waals surface area contributed by atoms with Crippen molar-refractivity contribution >= 4 is 0 Å². The van der Waals surface area contributed by atoms with Crippen LogP contribution in [0.1, 0.15) is 31.7 Å².